The highest BCUT2D eigenvalue weighted by Crippen LogP contribution is 2.35. The van der Waals surface area contributed by atoms with Crippen LogP contribution in [0.3, 0.4) is 0 Å². The average Bonchev–Trinajstić information content (AvgIpc) is 1.62. The average molecular weight is 1910 g/mol. The largest absolute Gasteiger partial charge is 0.495 e. The third kappa shape index (κ3) is 22.0. The van der Waals surface area contributed by atoms with Crippen LogP contribution >= 0.6 is 92.8 Å². The molecule has 4 aliphatic rings. The Morgan fingerprint density at radius 3 is 0.883 bits per heavy atom. The first-order valence-corrected chi connectivity index (χ1v) is 43.9. The van der Waals surface area contributed by atoms with Crippen molar-refractivity contribution in [3.63, 3.8) is 0 Å². The minimum atomic E-state index is -0.532. The lowest BCUT2D eigenvalue weighted by Crippen LogP contribution is -2.50. The molecule has 2 N–H and O–H groups in total. The number of imidazole rings is 4. The predicted molar refractivity (Wildman–Crippen MR) is 498 cm³/mol. The van der Waals surface area contributed by atoms with Gasteiger partial charge in [-0.15, -0.1) is 0 Å². The summed E-state index contributed by atoms with van der Waals surface area (Å²) in [6.07, 6.45) is 0. The van der Waals surface area contributed by atoms with E-state index in [1.807, 2.05) is 60.7 Å². The van der Waals surface area contributed by atoms with E-state index < -0.39 is 23.3 Å². The molecule has 8 aromatic carbocycles. The number of nitrogens with zero attached hydrogens (tertiary/aromatic N) is 14. The van der Waals surface area contributed by atoms with Crippen LogP contribution in [0.25, 0.3) is 44.1 Å². The van der Waals surface area contributed by atoms with Crippen LogP contribution in [0.4, 0.5) is 22.7 Å². The summed E-state index contributed by atoms with van der Waals surface area (Å²) in [5, 5.41) is 4.12. The minimum absolute atomic E-state index is 0.00473. The van der Waals surface area contributed by atoms with E-state index in [0.717, 1.165) is 22.7 Å². The van der Waals surface area contributed by atoms with Gasteiger partial charge in [0, 0.05) is 172 Å². The molecule has 40 heteroatoms. The van der Waals surface area contributed by atoms with E-state index in [0.29, 0.717) is 212 Å². The van der Waals surface area contributed by atoms with Crippen molar-refractivity contribution in [2.24, 2.45) is 0 Å². The number of H-pyrrole nitrogens is 2. The van der Waals surface area contributed by atoms with Gasteiger partial charge in [0.2, 0.25) is 23.6 Å². The van der Waals surface area contributed by atoms with Gasteiger partial charge >= 0.3 is 34.7 Å². The molecule has 128 heavy (non-hydrogen) atoms. The second-order valence-corrected chi connectivity index (χ2v) is 33.3. The van der Waals surface area contributed by atoms with Gasteiger partial charge in [0.05, 0.1) is 106 Å². The number of amides is 4. The Kier molecular flexibility index (Phi) is 31.2. The SMILES string of the molecule is CCOC(=O)Cn1c(=O)n(CC(=O)N2CCN(c3ccc(Cl)c(OC)c3)CC2)c2cc(Cl)ccc21.CCOC(=O)Cn1c(=O)n(CC(=O)N2CCN(c3ccc(Cl)c(OC)c3)CC2)c2ccc(Cl)cc21.COc1cc(N2CCN(C(=O)Cn3c(=O)[nH]c4cc(Cl)ccc43)CC2)ccc1Cl.COc1cc(N2CCN(C(=O)Cn3c(=O)[nH]c4ccc(Cl)cc43)CC2)ccc1Cl. The standard InChI is InChI=1S/2C24H26Cl2N4O5.2C20H20Cl2N4O3/c1-3-35-23(32)15-30-19-7-4-16(25)12-20(19)29(24(30)33)14-22(31)28-10-8-27(9-11-28)17-5-6-18(26)21(13-17)34-2;1-3-35-23(32)15-30-20-12-16(25)4-7-19(20)29(24(30)33)14-22(31)28-10-8-27(9-11-28)17-5-6-18(26)21(13-17)34-2;1-29-18-11-14(3-4-15(18)22)24-6-8-25(9-7-24)19(27)12-26-17-5-2-13(21)10-16(17)23-20(26)28;1-29-18-11-14(3-4-15(18)22)24-6-8-25(9-7-24)19(27)12-26-17-10-13(21)2-5-16(17)23-20(26)28/h2*4-7,12-13H,3,8-11,14-15H2,1-2H3;2*2-5,10-11H,6-9,12H2,1H3,(H,23,28). The third-order valence-electron chi connectivity index (χ3n) is 22.3. The number of fused-ring (bicyclic) bond motifs is 4. The van der Waals surface area contributed by atoms with Gasteiger partial charge in [-0.25, -0.2) is 19.2 Å². The zero-order valence-electron chi connectivity index (χ0n) is 70.6. The van der Waals surface area contributed by atoms with Crippen LogP contribution in [0.2, 0.25) is 40.2 Å². The van der Waals surface area contributed by atoms with Crippen LogP contribution in [-0.2, 0) is 77.5 Å². The highest BCUT2D eigenvalue weighted by atomic mass is 35.5. The zero-order valence-corrected chi connectivity index (χ0v) is 76.7. The summed E-state index contributed by atoms with van der Waals surface area (Å²) in [6.45, 7) is 12.6. The Hall–Kier alpha value is -11.6. The normalized spacial score (nSPS) is 14.1. The Labute approximate surface area is 773 Å². The maximum absolute atomic E-state index is 13.2. The topological polar surface area (TPSA) is 313 Å². The lowest BCUT2D eigenvalue weighted by Gasteiger charge is -2.36. The quantitative estimate of drug-likeness (QED) is 0.0595. The number of carbonyl (C=O) groups is 6. The summed E-state index contributed by atoms with van der Waals surface area (Å²) < 4.78 is 39.4. The maximum atomic E-state index is 13.2. The molecular weight excluding hydrogens is 1820 g/mol. The summed E-state index contributed by atoms with van der Waals surface area (Å²) in [6, 6.07) is 42.6. The van der Waals surface area contributed by atoms with Gasteiger partial charge in [0.1, 0.15) is 62.3 Å². The van der Waals surface area contributed by atoms with E-state index in [-0.39, 0.29) is 87.5 Å². The molecule has 32 nitrogen and oxygen atoms in total. The number of nitrogens with one attached hydrogen (secondary N) is 2. The van der Waals surface area contributed by atoms with Crippen molar-refractivity contribution in [2.45, 2.75) is 53.1 Å². The van der Waals surface area contributed by atoms with Crippen molar-refractivity contribution >= 4 is 195 Å². The fraction of sp³-hybridized carbons (Fsp3) is 0.341. The number of ether oxygens (including phenoxy) is 6. The monoisotopic (exact) mass is 1910 g/mol. The van der Waals surface area contributed by atoms with Crippen LogP contribution in [0.1, 0.15) is 13.8 Å². The summed E-state index contributed by atoms with van der Waals surface area (Å²) in [5.41, 5.74) is 6.97. The van der Waals surface area contributed by atoms with Crippen molar-refractivity contribution < 1.29 is 57.2 Å². The molecule has 0 radical (unpaired) electrons. The van der Waals surface area contributed by atoms with Gasteiger partial charge in [-0.1, -0.05) is 92.8 Å². The van der Waals surface area contributed by atoms with Crippen LogP contribution in [0.15, 0.2) is 165 Å². The van der Waals surface area contributed by atoms with Crippen molar-refractivity contribution in [2.75, 3.05) is 166 Å². The van der Waals surface area contributed by atoms with E-state index in [9.17, 15) is 47.9 Å². The maximum Gasteiger partial charge on any atom is 0.330 e. The predicted octanol–water partition coefficient (Wildman–Crippen LogP) is 12.0. The Bertz CT molecular complexity index is 6370. The molecule has 0 aliphatic carbocycles. The molecule has 0 spiro atoms. The summed E-state index contributed by atoms with van der Waals surface area (Å²) in [7, 11) is 6.31. The fourth-order valence-corrected chi connectivity index (χ4v) is 17.1. The molecule has 16 rings (SSSR count). The van der Waals surface area contributed by atoms with Crippen LogP contribution in [0.5, 0.6) is 23.0 Å². The van der Waals surface area contributed by atoms with Gasteiger partial charge < -0.3 is 77.6 Å². The molecular formula is C88H92Cl8N16O16. The van der Waals surface area contributed by atoms with E-state index in [4.69, 9.17) is 121 Å². The van der Waals surface area contributed by atoms with Gasteiger partial charge in [0.25, 0.3) is 0 Å². The first-order valence-electron chi connectivity index (χ1n) is 40.9. The molecule has 0 bridgehead atoms. The lowest BCUT2D eigenvalue weighted by atomic mass is 10.2. The molecule has 8 heterocycles. The van der Waals surface area contributed by atoms with E-state index >= 15 is 0 Å². The molecule has 676 valence electrons. The number of hydrogen-bond acceptors (Lipinski definition) is 20. The molecule has 4 fully saturated rings. The van der Waals surface area contributed by atoms with Crippen molar-refractivity contribution in [3.05, 3.63) is 228 Å². The molecule has 0 saturated carbocycles. The number of aromatic amines is 2. The van der Waals surface area contributed by atoms with E-state index in [1.165, 1.54) is 27.4 Å². The highest BCUT2D eigenvalue weighted by molar-refractivity contribution is 6.34. The fourth-order valence-electron chi connectivity index (χ4n) is 15.6. The van der Waals surface area contributed by atoms with E-state index in [2.05, 4.69) is 29.6 Å². The summed E-state index contributed by atoms with van der Waals surface area (Å²) in [4.78, 5) is 148. The van der Waals surface area contributed by atoms with Crippen LogP contribution in [-0.4, -0.2) is 239 Å². The van der Waals surface area contributed by atoms with Gasteiger partial charge in [-0.3, -0.25) is 56.2 Å². The van der Waals surface area contributed by atoms with Gasteiger partial charge in [-0.05, 0) is 135 Å². The van der Waals surface area contributed by atoms with Gasteiger partial charge in [0.15, 0.2) is 0 Å². The van der Waals surface area contributed by atoms with Gasteiger partial charge in [-0.2, -0.15) is 0 Å². The Balaban J connectivity index is 0.000000146. The van der Waals surface area contributed by atoms with Crippen molar-refractivity contribution in [3.8, 4) is 23.0 Å². The second-order valence-electron chi connectivity index (χ2n) is 29.9. The number of hydrogen-bond donors (Lipinski definition) is 2. The van der Waals surface area contributed by atoms with Crippen LogP contribution in [0, 0.1) is 0 Å². The zero-order chi connectivity index (χ0) is 91.3. The molecule has 4 aromatic heterocycles. The summed E-state index contributed by atoms with van der Waals surface area (Å²) >= 11 is 48.8. The third-order valence-corrected chi connectivity index (χ3v) is 24.5. The number of rotatable bonds is 22. The highest BCUT2D eigenvalue weighted by Gasteiger charge is 2.31. The second kappa shape index (κ2) is 42.5. The Morgan fingerprint density at radius 1 is 0.289 bits per heavy atom. The first kappa shape index (κ1) is 94.0. The number of anilines is 4. The van der Waals surface area contributed by atoms with E-state index in [1.54, 1.807) is 147 Å². The number of aromatic nitrogens is 8. The summed E-state index contributed by atoms with van der Waals surface area (Å²) in [5.74, 6) is 0.848. The molecule has 0 unspecified atom stereocenters. The number of methoxy groups -OCH3 is 4. The minimum Gasteiger partial charge on any atom is -0.495 e. The molecule has 4 saturated heterocycles. The number of carbonyl (C=O) groups excluding carboxylic acids is 6. The Morgan fingerprint density at radius 2 is 0.555 bits per heavy atom. The number of esters is 2. The van der Waals surface area contributed by atoms with Crippen molar-refractivity contribution in [1.29, 1.82) is 0 Å². The van der Waals surface area contributed by atoms with Crippen molar-refractivity contribution in [1.82, 2.24) is 57.0 Å². The first-order chi connectivity index (χ1) is 61.5. The molecule has 4 amide bonds. The molecule has 0 atom stereocenters. The number of piperazine rings is 4. The smallest absolute Gasteiger partial charge is 0.330 e. The molecule has 4 aliphatic heterocycles. The number of benzene rings is 8. The number of halogens is 8. The van der Waals surface area contributed by atoms with Crippen LogP contribution < -0.4 is 61.3 Å². The lowest BCUT2D eigenvalue weighted by molar-refractivity contribution is -0.144. The molecule has 12 aromatic rings.